The molecule has 0 aliphatic carbocycles. The Hall–Kier alpha value is -1.55. The van der Waals surface area contributed by atoms with E-state index >= 15 is 0 Å². The highest BCUT2D eigenvalue weighted by Gasteiger charge is 2.39. The fourth-order valence-electron chi connectivity index (χ4n) is 1.66. The van der Waals surface area contributed by atoms with E-state index in [-0.39, 0.29) is 23.5 Å². The number of nitrogens with zero attached hydrogens (tertiary/aromatic N) is 2. The van der Waals surface area contributed by atoms with Crippen molar-refractivity contribution in [2.24, 2.45) is 11.0 Å². The molecular weight excluding hydrogens is 326 g/mol. The van der Waals surface area contributed by atoms with Crippen LogP contribution in [0, 0.1) is 5.92 Å². The molecule has 0 unspecified atom stereocenters. The molecule has 122 valence electrons. The van der Waals surface area contributed by atoms with Gasteiger partial charge in [0.15, 0.2) is 0 Å². The first kappa shape index (κ1) is 20.5. The number of hydrogen-bond acceptors (Lipinski definition) is 6. The molecule has 1 aliphatic heterocycles. The third-order valence-corrected chi connectivity index (χ3v) is 4.51. The maximum Gasteiger partial charge on any atom is 0.339 e. The van der Waals surface area contributed by atoms with Gasteiger partial charge in [0.2, 0.25) is 11.3 Å². The largest absolute Gasteiger partial charge is 0.479 e. The van der Waals surface area contributed by atoms with Crippen LogP contribution >= 0.6 is 24.4 Å². The number of hydrogen-bond donors (Lipinski definition) is 3. The first-order valence-electron chi connectivity index (χ1n) is 6.02. The average Bonchev–Trinajstić information content (AvgIpc) is 2.92. The molecule has 0 saturated carbocycles. The van der Waals surface area contributed by atoms with Gasteiger partial charge < -0.3 is 16.7 Å². The molecule has 0 saturated heterocycles. The van der Waals surface area contributed by atoms with E-state index in [9.17, 15) is 14.7 Å². The molecule has 2 atom stereocenters. The lowest BCUT2D eigenvalue weighted by Gasteiger charge is -2.19. The van der Waals surface area contributed by atoms with Crippen molar-refractivity contribution < 1.29 is 20.2 Å². The molecule has 1 aliphatic rings. The summed E-state index contributed by atoms with van der Waals surface area (Å²) in [6.07, 6.45) is 0. The van der Waals surface area contributed by atoms with Crippen LogP contribution in [0.1, 0.15) is 12.5 Å². The van der Waals surface area contributed by atoms with Crippen molar-refractivity contribution in [3.8, 4) is 0 Å². The van der Waals surface area contributed by atoms with Crippen LogP contribution in [-0.2, 0) is 9.59 Å². The number of carboxylic acid groups (broad SMARTS) is 1. The molecule has 22 heavy (non-hydrogen) atoms. The Morgan fingerprint density at radius 1 is 1.41 bits per heavy atom. The van der Waals surface area contributed by atoms with E-state index in [0.29, 0.717) is 10.8 Å². The molecule has 0 aromatic heterocycles. The summed E-state index contributed by atoms with van der Waals surface area (Å²) in [6.45, 7) is 1.70. The zero-order valence-corrected chi connectivity index (χ0v) is 13.7. The number of thioether (sulfide) groups is 1. The lowest BCUT2D eigenvalue weighted by atomic mass is 10.2. The minimum absolute atomic E-state index is 0. The van der Waals surface area contributed by atoms with Crippen molar-refractivity contribution in [1.82, 2.24) is 11.2 Å². The topological polar surface area (TPSA) is 136 Å². The van der Waals surface area contributed by atoms with E-state index < -0.39 is 11.3 Å². The van der Waals surface area contributed by atoms with Gasteiger partial charge in [-0.3, -0.25) is 4.79 Å². The summed E-state index contributed by atoms with van der Waals surface area (Å²) in [5.74, 6) is -1.43. The van der Waals surface area contributed by atoms with Crippen molar-refractivity contribution >= 4 is 41.3 Å². The van der Waals surface area contributed by atoms with Gasteiger partial charge in [-0.2, -0.15) is 17.7 Å². The smallest absolute Gasteiger partial charge is 0.339 e. The fourth-order valence-corrected chi connectivity index (χ4v) is 2.79. The molecule has 9 heteroatoms. The normalized spacial score (nSPS) is 17.8. The van der Waals surface area contributed by atoms with Gasteiger partial charge in [0, 0.05) is 17.2 Å². The minimum Gasteiger partial charge on any atom is -0.479 e. The summed E-state index contributed by atoms with van der Waals surface area (Å²) >= 11 is 5.14. The highest BCUT2D eigenvalue weighted by Crippen LogP contribution is 2.31. The number of benzene rings is 1. The first-order chi connectivity index (χ1) is 9.54. The summed E-state index contributed by atoms with van der Waals surface area (Å²) in [5.41, 5.74) is 0.803. The van der Waals surface area contributed by atoms with Crippen molar-refractivity contribution in [3.63, 3.8) is 0 Å². The number of carboxylic acids is 1. The summed E-state index contributed by atoms with van der Waals surface area (Å²) in [4.78, 5) is 23.5. The molecule has 1 aromatic carbocycles. The van der Waals surface area contributed by atoms with Gasteiger partial charge in [-0.15, -0.1) is 0 Å². The van der Waals surface area contributed by atoms with Crippen LogP contribution in [0.3, 0.4) is 0 Å². The third kappa shape index (κ3) is 4.23. The summed E-state index contributed by atoms with van der Waals surface area (Å²) in [6, 6.07) is 9.22. The highest BCUT2D eigenvalue weighted by atomic mass is 32.2. The number of hydrazone groups is 1. The van der Waals surface area contributed by atoms with Gasteiger partial charge in [-0.1, -0.05) is 49.0 Å². The monoisotopic (exact) mass is 345 g/mol. The Bertz CT molecular complexity index is 553. The zero-order chi connectivity index (χ0) is 14.7. The van der Waals surface area contributed by atoms with E-state index in [1.165, 1.54) is 0 Å². The quantitative estimate of drug-likeness (QED) is 0.705. The lowest BCUT2D eigenvalue weighted by molar-refractivity contribution is -0.147. The van der Waals surface area contributed by atoms with Gasteiger partial charge >= 0.3 is 5.97 Å². The molecule has 7 nitrogen and oxygen atoms in total. The maximum absolute atomic E-state index is 12.2. The Labute approximate surface area is 138 Å². The second-order valence-electron chi connectivity index (χ2n) is 4.35. The Kier molecular flexibility index (Phi) is 8.17. The minimum atomic E-state index is -1.08. The average molecular weight is 345 g/mol. The fraction of sp³-hybridized carbons (Fsp3) is 0.308. The predicted octanol–water partition coefficient (Wildman–Crippen LogP) is 1.24. The van der Waals surface area contributed by atoms with E-state index in [1.54, 1.807) is 6.92 Å². The van der Waals surface area contributed by atoms with Crippen LogP contribution < -0.4 is 6.15 Å². The second-order valence-corrected chi connectivity index (χ2v) is 5.78. The number of amides is 1. The molecule has 2 rings (SSSR count). The van der Waals surface area contributed by atoms with Crippen LogP contribution in [0.5, 0.6) is 0 Å². The van der Waals surface area contributed by atoms with E-state index in [2.05, 4.69) is 17.7 Å². The lowest BCUT2D eigenvalue weighted by Crippen LogP contribution is -2.39. The van der Waals surface area contributed by atoms with Crippen LogP contribution in [-0.4, -0.2) is 43.6 Å². The van der Waals surface area contributed by atoms with Crippen LogP contribution in [0.4, 0.5) is 0 Å². The van der Waals surface area contributed by atoms with Crippen molar-refractivity contribution in [2.45, 2.75) is 12.3 Å². The summed E-state index contributed by atoms with van der Waals surface area (Å²) < 4.78 is 0. The third-order valence-electron chi connectivity index (χ3n) is 2.80. The second kappa shape index (κ2) is 8.79. The van der Waals surface area contributed by atoms with Gasteiger partial charge in [-0.25, -0.2) is 9.80 Å². The molecule has 1 aromatic rings. The highest BCUT2D eigenvalue weighted by molar-refractivity contribution is 8.15. The number of carbonyl (C=O) groups excluding carboxylic acids is 1. The van der Waals surface area contributed by atoms with Gasteiger partial charge in [0.05, 0.1) is 0 Å². The molecule has 0 radical (unpaired) electrons. The van der Waals surface area contributed by atoms with Crippen LogP contribution in [0.25, 0.3) is 0 Å². The maximum atomic E-state index is 12.2. The molecule has 0 spiro atoms. The molecule has 6 N–H and O–H groups in total. The molecule has 1 heterocycles. The molecule has 1 amide bonds. The first-order valence-corrected chi connectivity index (χ1v) is 7.53. The van der Waals surface area contributed by atoms with Gasteiger partial charge in [-0.05, 0) is 0 Å². The SMILES string of the molecule is C[C@H](CS)C(=O)N1N=C(c2ccccc2)S[C@H]1C(=O)O.N.O. The van der Waals surface area contributed by atoms with E-state index in [4.69, 9.17) is 0 Å². The summed E-state index contributed by atoms with van der Waals surface area (Å²) in [5, 5.41) is 14.0. The van der Waals surface area contributed by atoms with Gasteiger partial charge in [0.1, 0.15) is 5.04 Å². The molecule has 0 bridgehead atoms. The van der Waals surface area contributed by atoms with Crippen molar-refractivity contribution in [1.29, 1.82) is 0 Å². The van der Waals surface area contributed by atoms with Crippen molar-refractivity contribution in [3.05, 3.63) is 35.9 Å². The number of rotatable bonds is 4. The molecular formula is C13H19N3O4S2. The summed E-state index contributed by atoms with van der Waals surface area (Å²) in [7, 11) is 0. The Morgan fingerprint density at radius 3 is 2.50 bits per heavy atom. The molecule has 0 fully saturated rings. The van der Waals surface area contributed by atoms with Crippen LogP contribution in [0.2, 0.25) is 0 Å². The number of aliphatic carboxylic acids is 1. The van der Waals surface area contributed by atoms with E-state index in [1.807, 2.05) is 30.3 Å². The van der Waals surface area contributed by atoms with Crippen LogP contribution in [0.15, 0.2) is 35.4 Å². The standard InChI is InChI=1S/C13H14N2O3S2.H3N.H2O/c1-8(7-19)11(16)15-12(13(17)18)20-10(14-15)9-5-3-2-4-6-9;;/h2-6,8,12,19H,7H2,1H3,(H,17,18);1H3;1H2/t8-,12+;;/m1../s1. The van der Waals surface area contributed by atoms with E-state index in [0.717, 1.165) is 22.3 Å². The Morgan fingerprint density at radius 2 is 2.00 bits per heavy atom. The van der Waals surface area contributed by atoms with Crippen molar-refractivity contribution in [2.75, 3.05) is 5.75 Å². The number of carbonyl (C=O) groups is 2. The Balaban J connectivity index is 0.00000220. The zero-order valence-electron chi connectivity index (χ0n) is 12.0. The van der Waals surface area contributed by atoms with Gasteiger partial charge in [0.25, 0.3) is 0 Å². The number of thiol groups is 1. The predicted molar refractivity (Wildman–Crippen MR) is 90.5 cm³/mol.